The Morgan fingerprint density at radius 3 is 2.17 bits per heavy atom. The molecule has 0 bridgehead atoms. The van der Waals surface area contributed by atoms with Gasteiger partial charge in [0.05, 0.1) is 13.4 Å². The first-order chi connectivity index (χ1) is 6.39. The standard InChI is InChI=1S/C5H8O5.2Na/c6-3(5(9)10)1-2-4(7)8;;/h3,6H,1-2H2,(H,7,8)(H,9,10);;/q;2*+1/p-2/t3-;;/m1../s1/i1D2,2D2,3D;;. The molecule has 7 heteroatoms. The van der Waals surface area contributed by atoms with Crippen molar-refractivity contribution in [3.8, 4) is 0 Å². The van der Waals surface area contributed by atoms with Crippen molar-refractivity contribution >= 4 is 11.9 Å². The first-order valence-electron chi connectivity index (χ1n) is 4.54. The Hall–Kier alpha value is 0.900. The second-order valence-electron chi connectivity index (χ2n) is 1.17. The van der Waals surface area contributed by atoms with Gasteiger partial charge in [-0.2, -0.15) is 0 Å². The summed E-state index contributed by atoms with van der Waals surface area (Å²) in [5, 5.41) is 29.2. The van der Waals surface area contributed by atoms with Gasteiger partial charge in [0, 0.05) is 11.5 Å². The number of aliphatic hydroxyl groups is 1. The summed E-state index contributed by atoms with van der Waals surface area (Å²) in [6.07, 6.45) is -11.8. The summed E-state index contributed by atoms with van der Waals surface area (Å²) >= 11 is 0. The van der Waals surface area contributed by atoms with E-state index in [1.807, 2.05) is 0 Å². The van der Waals surface area contributed by atoms with Crippen LogP contribution >= 0.6 is 0 Å². The molecule has 0 heterocycles. The minimum atomic E-state index is -4.05. The van der Waals surface area contributed by atoms with Crippen LogP contribution in [0.1, 0.15) is 19.6 Å². The summed E-state index contributed by atoms with van der Waals surface area (Å²) in [4.78, 5) is 20.4. The molecule has 0 spiro atoms. The van der Waals surface area contributed by atoms with Crippen LogP contribution in [0.3, 0.4) is 0 Å². The van der Waals surface area contributed by atoms with Gasteiger partial charge in [0.15, 0.2) is 0 Å². The van der Waals surface area contributed by atoms with E-state index >= 15 is 0 Å². The van der Waals surface area contributed by atoms with Crippen molar-refractivity contribution in [2.75, 3.05) is 0 Å². The number of carboxylic acid groups (broad SMARTS) is 2. The van der Waals surface area contributed by atoms with Crippen LogP contribution in [-0.4, -0.2) is 23.1 Å². The van der Waals surface area contributed by atoms with Gasteiger partial charge in [0.25, 0.3) is 0 Å². The van der Waals surface area contributed by atoms with Gasteiger partial charge >= 0.3 is 59.1 Å². The topological polar surface area (TPSA) is 100 Å². The molecule has 58 valence electrons. The Labute approximate surface area is 121 Å². The Kier molecular flexibility index (Phi) is 6.85. The molecule has 5 nitrogen and oxygen atoms in total. The fourth-order valence-electron chi connectivity index (χ4n) is 0.161. The molecule has 1 N–H and O–H groups in total. The first kappa shape index (κ1) is 8.23. The van der Waals surface area contributed by atoms with Crippen LogP contribution in [0.25, 0.3) is 0 Å². The van der Waals surface area contributed by atoms with Crippen LogP contribution in [0, 0.1) is 0 Å². The molecule has 0 aliphatic carbocycles. The molecule has 0 fully saturated rings. The Balaban J connectivity index is -0.000000980. The quantitative estimate of drug-likeness (QED) is 0.451. The molecular formula is C5H6Na2O5. The summed E-state index contributed by atoms with van der Waals surface area (Å²) in [6, 6.07) is 0. The molecule has 1 atom stereocenters. The van der Waals surface area contributed by atoms with E-state index in [0.29, 0.717) is 0 Å². The summed E-state index contributed by atoms with van der Waals surface area (Å²) in [6.45, 7) is 0. The molecule has 0 aromatic carbocycles. The maximum Gasteiger partial charge on any atom is 1.00 e. The van der Waals surface area contributed by atoms with E-state index in [1.165, 1.54) is 0 Å². The molecule has 0 aliphatic rings. The summed E-state index contributed by atoms with van der Waals surface area (Å²) in [5.74, 6) is -5.24. The van der Waals surface area contributed by atoms with Crippen molar-refractivity contribution in [3.05, 3.63) is 0 Å². The maximum atomic E-state index is 10.2. The normalized spacial score (nSPS) is 21.6. The van der Waals surface area contributed by atoms with Crippen molar-refractivity contribution in [3.63, 3.8) is 0 Å². The second kappa shape index (κ2) is 9.98. The minimum Gasteiger partial charge on any atom is -0.550 e. The summed E-state index contributed by atoms with van der Waals surface area (Å²) < 4.78 is 33.6. The molecule has 0 aliphatic heterocycles. The van der Waals surface area contributed by atoms with Crippen molar-refractivity contribution < 1.29 is 90.9 Å². The van der Waals surface area contributed by atoms with Crippen molar-refractivity contribution in [2.45, 2.75) is 18.8 Å². The molecule has 0 unspecified atom stereocenters. The van der Waals surface area contributed by atoms with E-state index in [0.717, 1.165) is 0 Å². The molecule has 0 amide bonds. The van der Waals surface area contributed by atoms with Gasteiger partial charge in [-0.3, -0.25) is 0 Å². The van der Waals surface area contributed by atoms with E-state index in [1.54, 1.807) is 0 Å². The molecule has 0 aromatic heterocycles. The Morgan fingerprint density at radius 2 is 1.92 bits per heavy atom. The van der Waals surface area contributed by atoms with Gasteiger partial charge in [-0.05, 0) is 12.7 Å². The maximum absolute atomic E-state index is 10.2. The first-order valence-corrected chi connectivity index (χ1v) is 2.04. The smallest absolute Gasteiger partial charge is 0.550 e. The van der Waals surface area contributed by atoms with E-state index in [2.05, 4.69) is 0 Å². The van der Waals surface area contributed by atoms with E-state index in [4.69, 9.17) is 12.0 Å². The van der Waals surface area contributed by atoms with Crippen molar-refractivity contribution in [1.82, 2.24) is 0 Å². The number of carbonyl (C=O) groups excluding carboxylic acids is 2. The molecule has 0 saturated heterocycles. The van der Waals surface area contributed by atoms with Crippen LogP contribution in [-0.2, 0) is 9.59 Å². The Bertz CT molecular complexity index is 279. The van der Waals surface area contributed by atoms with Gasteiger partial charge in [-0.1, -0.05) is 0 Å². The van der Waals surface area contributed by atoms with Gasteiger partial charge in [0.1, 0.15) is 0 Å². The third-order valence-corrected chi connectivity index (χ3v) is 0.476. The SMILES string of the molecule is [2H]C([2H])(C(=O)[O-])C([2H])([2H])[C@@]([2H])(O)C(=O)[O-].[Na+].[Na+]. The van der Waals surface area contributed by atoms with Gasteiger partial charge in [-0.25, -0.2) is 0 Å². The zero-order valence-corrected chi connectivity index (χ0v) is 10.6. The number of carbonyl (C=O) groups is 2. The predicted octanol–water partition coefficient (Wildman–Crippen LogP) is -9.36. The summed E-state index contributed by atoms with van der Waals surface area (Å²) in [5.41, 5.74) is 0. The van der Waals surface area contributed by atoms with Crippen LogP contribution in [0.2, 0.25) is 0 Å². The number of aliphatic carboxylic acids is 2. The number of carboxylic acids is 2. The molecule has 12 heavy (non-hydrogen) atoms. The number of rotatable bonds is 4. The predicted molar refractivity (Wildman–Crippen MR) is 25.3 cm³/mol. The van der Waals surface area contributed by atoms with Gasteiger partial charge in [-0.15, -0.1) is 0 Å². The molecule has 0 aromatic rings. The van der Waals surface area contributed by atoms with Crippen LogP contribution < -0.4 is 69.3 Å². The Morgan fingerprint density at radius 1 is 1.50 bits per heavy atom. The molecule has 0 saturated carbocycles. The fourth-order valence-corrected chi connectivity index (χ4v) is 0.161. The van der Waals surface area contributed by atoms with Gasteiger partial charge in [0.2, 0.25) is 0 Å². The monoisotopic (exact) mass is 197 g/mol. The molecular weight excluding hydrogens is 186 g/mol. The molecule has 0 radical (unpaired) electrons. The average molecular weight is 197 g/mol. The molecule has 0 rings (SSSR count). The van der Waals surface area contributed by atoms with Crippen LogP contribution in [0.5, 0.6) is 0 Å². The zero-order valence-electron chi connectivity index (χ0n) is 11.6. The second-order valence-corrected chi connectivity index (χ2v) is 1.17. The summed E-state index contributed by atoms with van der Waals surface area (Å²) in [7, 11) is 0. The van der Waals surface area contributed by atoms with Crippen molar-refractivity contribution in [2.24, 2.45) is 0 Å². The van der Waals surface area contributed by atoms with E-state index in [9.17, 15) is 19.8 Å². The van der Waals surface area contributed by atoms with Gasteiger partial charge < -0.3 is 24.9 Å². The van der Waals surface area contributed by atoms with Crippen LogP contribution in [0.15, 0.2) is 0 Å². The average Bonchev–Trinajstić information content (AvgIpc) is 2.02. The zero-order chi connectivity index (χ0) is 12.7. The third kappa shape index (κ3) is 10.9. The van der Waals surface area contributed by atoms with Crippen LogP contribution in [0.4, 0.5) is 0 Å². The van der Waals surface area contributed by atoms with E-state index < -0.39 is 30.8 Å². The third-order valence-electron chi connectivity index (χ3n) is 0.476. The largest absolute Gasteiger partial charge is 1.00 e. The number of hydrogen-bond acceptors (Lipinski definition) is 5. The van der Waals surface area contributed by atoms with Crippen molar-refractivity contribution in [1.29, 1.82) is 0 Å². The fraction of sp³-hybridized carbons (Fsp3) is 0.600. The minimum absolute atomic E-state index is 0. The van der Waals surface area contributed by atoms with E-state index in [-0.39, 0.29) is 59.1 Å². The number of hydrogen-bond donors (Lipinski definition) is 1.